The van der Waals surface area contributed by atoms with Gasteiger partial charge in [0.15, 0.2) is 0 Å². The molecular formula is C9H10Cl. The maximum atomic E-state index is 5.85. The highest BCUT2D eigenvalue weighted by molar-refractivity contribution is 6.31. The van der Waals surface area contributed by atoms with Crippen LogP contribution in [0.25, 0.3) is 0 Å². The summed E-state index contributed by atoms with van der Waals surface area (Å²) in [5, 5.41) is 0.808. The normalized spacial score (nSPS) is 10.0. The number of halogens is 1. The molecule has 1 aromatic rings. The molecule has 0 nitrogen and oxygen atoms in total. The van der Waals surface area contributed by atoms with E-state index in [0.29, 0.717) is 0 Å². The summed E-state index contributed by atoms with van der Waals surface area (Å²) < 4.78 is 0. The highest BCUT2D eigenvalue weighted by Crippen LogP contribution is 2.18. The van der Waals surface area contributed by atoms with Crippen LogP contribution in [0, 0.1) is 26.8 Å². The average Bonchev–Trinajstić information content (AvgIpc) is 1.84. The fraction of sp³-hybridized carbons (Fsp3) is 0.333. The SMILES string of the molecule is Cc1[c]c(C)c(Cl)cc1C. The molecule has 0 atom stereocenters. The second-order valence-corrected chi connectivity index (χ2v) is 2.96. The van der Waals surface area contributed by atoms with E-state index in [1.165, 1.54) is 11.1 Å². The minimum absolute atomic E-state index is 0.808. The Labute approximate surface area is 66.8 Å². The smallest absolute Gasteiger partial charge is 0.0444 e. The van der Waals surface area contributed by atoms with Crippen molar-refractivity contribution in [2.24, 2.45) is 0 Å². The van der Waals surface area contributed by atoms with Crippen LogP contribution in [0.4, 0.5) is 0 Å². The molecule has 0 aliphatic rings. The minimum Gasteiger partial charge on any atom is -0.0840 e. The van der Waals surface area contributed by atoms with Crippen molar-refractivity contribution in [1.82, 2.24) is 0 Å². The van der Waals surface area contributed by atoms with Gasteiger partial charge in [0.2, 0.25) is 0 Å². The Balaban J connectivity index is 3.28. The summed E-state index contributed by atoms with van der Waals surface area (Å²) in [5.41, 5.74) is 3.42. The first-order valence-corrected chi connectivity index (χ1v) is 3.64. The zero-order chi connectivity index (χ0) is 7.72. The molecule has 0 unspecified atom stereocenters. The Morgan fingerprint density at radius 1 is 1.20 bits per heavy atom. The fourth-order valence-corrected chi connectivity index (χ4v) is 1.06. The summed E-state index contributed by atoms with van der Waals surface area (Å²) in [4.78, 5) is 0. The lowest BCUT2D eigenvalue weighted by atomic mass is 10.1. The van der Waals surface area contributed by atoms with E-state index in [2.05, 4.69) is 6.07 Å². The van der Waals surface area contributed by atoms with Crippen molar-refractivity contribution in [2.45, 2.75) is 20.8 Å². The van der Waals surface area contributed by atoms with E-state index in [4.69, 9.17) is 11.6 Å². The van der Waals surface area contributed by atoms with E-state index in [1.54, 1.807) is 0 Å². The lowest BCUT2D eigenvalue weighted by molar-refractivity contribution is 1.29. The van der Waals surface area contributed by atoms with E-state index < -0.39 is 0 Å². The molecule has 1 heteroatoms. The molecule has 0 N–H and O–H groups in total. The van der Waals surface area contributed by atoms with Crippen LogP contribution >= 0.6 is 11.6 Å². The molecule has 0 bridgehead atoms. The van der Waals surface area contributed by atoms with Gasteiger partial charge in [-0.2, -0.15) is 0 Å². The molecule has 0 saturated heterocycles. The standard InChI is InChI=1S/C9H10Cl/c1-6-4-8(3)9(10)5-7(6)2/h5H,1-3H3. The third-order valence-electron chi connectivity index (χ3n) is 1.67. The summed E-state index contributed by atoms with van der Waals surface area (Å²) in [6, 6.07) is 5.15. The van der Waals surface area contributed by atoms with Crippen molar-refractivity contribution < 1.29 is 0 Å². The van der Waals surface area contributed by atoms with Crippen LogP contribution in [-0.4, -0.2) is 0 Å². The second-order valence-electron chi connectivity index (χ2n) is 2.55. The van der Waals surface area contributed by atoms with Crippen LogP contribution in [0.3, 0.4) is 0 Å². The topological polar surface area (TPSA) is 0 Å². The number of hydrogen-bond acceptors (Lipinski definition) is 0. The summed E-state index contributed by atoms with van der Waals surface area (Å²) >= 11 is 5.85. The van der Waals surface area contributed by atoms with E-state index in [1.807, 2.05) is 26.8 Å². The Hall–Kier alpha value is -0.490. The zero-order valence-electron chi connectivity index (χ0n) is 6.46. The van der Waals surface area contributed by atoms with Crippen LogP contribution in [0.1, 0.15) is 16.7 Å². The predicted octanol–water partition coefficient (Wildman–Crippen LogP) is 3.07. The monoisotopic (exact) mass is 153 g/mol. The average molecular weight is 154 g/mol. The maximum Gasteiger partial charge on any atom is 0.0444 e. The Kier molecular flexibility index (Phi) is 2.00. The van der Waals surface area contributed by atoms with Crippen LogP contribution in [-0.2, 0) is 0 Å². The molecule has 1 rings (SSSR count). The van der Waals surface area contributed by atoms with Gasteiger partial charge in [-0.15, -0.1) is 0 Å². The highest BCUT2D eigenvalue weighted by Gasteiger charge is 1.97. The third-order valence-corrected chi connectivity index (χ3v) is 2.06. The van der Waals surface area contributed by atoms with Gasteiger partial charge in [0.05, 0.1) is 0 Å². The maximum absolute atomic E-state index is 5.85. The van der Waals surface area contributed by atoms with Gasteiger partial charge >= 0.3 is 0 Å². The molecule has 1 radical (unpaired) electrons. The van der Waals surface area contributed by atoms with Crippen LogP contribution in [0.5, 0.6) is 0 Å². The van der Waals surface area contributed by atoms with E-state index in [9.17, 15) is 0 Å². The van der Waals surface area contributed by atoms with E-state index in [0.717, 1.165) is 10.6 Å². The second kappa shape index (κ2) is 2.63. The van der Waals surface area contributed by atoms with Crippen molar-refractivity contribution in [2.75, 3.05) is 0 Å². The lowest BCUT2D eigenvalue weighted by Gasteiger charge is -2.01. The first-order valence-electron chi connectivity index (χ1n) is 3.27. The molecule has 0 heterocycles. The molecule has 1 aromatic carbocycles. The number of benzene rings is 1. The summed E-state index contributed by atoms with van der Waals surface area (Å²) in [6.07, 6.45) is 0. The van der Waals surface area contributed by atoms with Gasteiger partial charge in [0, 0.05) is 5.02 Å². The number of hydrogen-bond donors (Lipinski definition) is 0. The third kappa shape index (κ3) is 1.32. The molecule has 0 saturated carbocycles. The van der Waals surface area contributed by atoms with Crippen LogP contribution in [0.15, 0.2) is 6.07 Å². The largest absolute Gasteiger partial charge is 0.0840 e. The van der Waals surface area contributed by atoms with Crippen LogP contribution < -0.4 is 0 Å². The van der Waals surface area contributed by atoms with Crippen molar-refractivity contribution in [3.8, 4) is 0 Å². The Bertz CT molecular complexity index is 201. The zero-order valence-corrected chi connectivity index (χ0v) is 7.21. The number of aryl methyl sites for hydroxylation is 3. The van der Waals surface area contributed by atoms with Gasteiger partial charge in [-0.3, -0.25) is 0 Å². The first kappa shape index (κ1) is 7.62. The lowest BCUT2D eigenvalue weighted by Crippen LogP contribution is -1.83. The summed E-state index contributed by atoms with van der Waals surface area (Å²) in [5.74, 6) is 0. The van der Waals surface area contributed by atoms with E-state index >= 15 is 0 Å². The predicted molar refractivity (Wildman–Crippen MR) is 44.5 cm³/mol. The van der Waals surface area contributed by atoms with Gasteiger partial charge in [0.1, 0.15) is 0 Å². The highest BCUT2D eigenvalue weighted by atomic mass is 35.5. The van der Waals surface area contributed by atoms with Crippen LogP contribution in [0.2, 0.25) is 5.02 Å². The molecule has 0 aliphatic carbocycles. The van der Waals surface area contributed by atoms with E-state index in [-0.39, 0.29) is 0 Å². The molecule has 0 fully saturated rings. The van der Waals surface area contributed by atoms with Crippen molar-refractivity contribution >= 4 is 11.6 Å². The van der Waals surface area contributed by atoms with Gasteiger partial charge in [-0.1, -0.05) is 11.6 Å². The quantitative estimate of drug-likeness (QED) is 0.538. The van der Waals surface area contributed by atoms with Gasteiger partial charge < -0.3 is 0 Å². The molecular weight excluding hydrogens is 144 g/mol. The molecule has 0 aliphatic heterocycles. The summed E-state index contributed by atoms with van der Waals surface area (Å²) in [6.45, 7) is 6.05. The molecule has 0 amide bonds. The van der Waals surface area contributed by atoms with Gasteiger partial charge in [-0.05, 0) is 49.6 Å². The van der Waals surface area contributed by atoms with Gasteiger partial charge in [0.25, 0.3) is 0 Å². The fourth-order valence-electron chi connectivity index (χ4n) is 0.846. The van der Waals surface area contributed by atoms with Crippen molar-refractivity contribution in [3.05, 3.63) is 33.8 Å². The van der Waals surface area contributed by atoms with Gasteiger partial charge in [-0.25, -0.2) is 0 Å². The molecule has 0 aromatic heterocycles. The Morgan fingerprint density at radius 2 is 1.80 bits per heavy atom. The molecule has 0 spiro atoms. The van der Waals surface area contributed by atoms with Crippen molar-refractivity contribution in [1.29, 1.82) is 0 Å². The minimum atomic E-state index is 0.808. The first-order chi connectivity index (χ1) is 4.61. The summed E-state index contributed by atoms with van der Waals surface area (Å²) in [7, 11) is 0. The number of rotatable bonds is 0. The Morgan fingerprint density at radius 3 is 2.30 bits per heavy atom. The molecule has 10 heavy (non-hydrogen) atoms. The molecule has 53 valence electrons. The van der Waals surface area contributed by atoms with Crippen molar-refractivity contribution in [3.63, 3.8) is 0 Å².